The van der Waals surface area contributed by atoms with E-state index < -0.39 is 0 Å². The van der Waals surface area contributed by atoms with Gasteiger partial charge in [-0.25, -0.2) is 0 Å². The molecule has 0 aromatic carbocycles. The standard InChI is InChI=1S/C11H23NO2S/c1-11(10-15)9-12(6-8-14-3)5-4-7-13-2/h15H,1,4-10H2,2-3H3. The normalized spacial score (nSPS) is 10.9. The highest BCUT2D eigenvalue weighted by atomic mass is 32.1. The lowest BCUT2D eigenvalue weighted by Crippen LogP contribution is -2.31. The van der Waals surface area contributed by atoms with Gasteiger partial charge in [-0.2, -0.15) is 12.6 Å². The molecule has 15 heavy (non-hydrogen) atoms. The Balaban J connectivity index is 3.77. The SMILES string of the molecule is C=C(CS)CN(CCCOC)CCOC. The first kappa shape index (κ1) is 15.0. The highest BCUT2D eigenvalue weighted by molar-refractivity contribution is 7.80. The number of methoxy groups -OCH3 is 2. The fourth-order valence-electron chi connectivity index (χ4n) is 1.29. The van der Waals surface area contributed by atoms with E-state index in [1.165, 1.54) is 0 Å². The van der Waals surface area contributed by atoms with Crippen LogP contribution in [0.4, 0.5) is 0 Å². The Kier molecular flexibility index (Phi) is 10.5. The monoisotopic (exact) mass is 233 g/mol. The summed E-state index contributed by atoms with van der Waals surface area (Å²) in [5.41, 5.74) is 1.15. The topological polar surface area (TPSA) is 21.7 Å². The fraction of sp³-hybridized carbons (Fsp3) is 0.818. The van der Waals surface area contributed by atoms with E-state index in [9.17, 15) is 0 Å². The summed E-state index contributed by atoms with van der Waals surface area (Å²) in [6.45, 7) is 8.37. The van der Waals surface area contributed by atoms with Gasteiger partial charge in [0, 0.05) is 46.2 Å². The smallest absolute Gasteiger partial charge is 0.0589 e. The zero-order valence-corrected chi connectivity index (χ0v) is 10.8. The minimum Gasteiger partial charge on any atom is -0.385 e. The van der Waals surface area contributed by atoms with Crippen molar-refractivity contribution in [2.75, 3.05) is 52.8 Å². The highest BCUT2D eigenvalue weighted by Gasteiger charge is 2.05. The zero-order valence-electron chi connectivity index (χ0n) is 9.87. The van der Waals surface area contributed by atoms with Crippen LogP contribution in [0.1, 0.15) is 6.42 Å². The van der Waals surface area contributed by atoms with Crippen LogP contribution in [0.5, 0.6) is 0 Å². The Hall–Kier alpha value is -0.0300. The molecule has 4 heteroatoms. The molecule has 3 nitrogen and oxygen atoms in total. The van der Waals surface area contributed by atoms with Gasteiger partial charge >= 0.3 is 0 Å². The maximum Gasteiger partial charge on any atom is 0.0589 e. The lowest BCUT2D eigenvalue weighted by atomic mass is 10.3. The van der Waals surface area contributed by atoms with Gasteiger partial charge in [-0.3, -0.25) is 4.90 Å². The van der Waals surface area contributed by atoms with Gasteiger partial charge in [0.05, 0.1) is 6.61 Å². The van der Waals surface area contributed by atoms with Gasteiger partial charge in [-0.05, 0) is 6.42 Å². The molecule has 0 atom stereocenters. The van der Waals surface area contributed by atoms with Crippen molar-refractivity contribution in [3.05, 3.63) is 12.2 Å². The van der Waals surface area contributed by atoms with Crippen LogP contribution >= 0.6 is 12.6 Å². The van der Waals surface area contributed by atoms with Gasteiger partial charge in [0.15, 0.2) is 0 Å². The van der Waals surface area contributed by atoms with Crippen molar-refractivity contribution in [1.29, 1.82) is 0 Å². The number of rotatable bonds is 10. The van der Waals surface area contributed by atoms with Gasteiger partial charge < -0.3 is 9.47 Å². The molecule has 0 aromatic heterocycles. The summed E-state index contributed by atoms with van der Waals surface area (Å²) in [4.78, 5) is 2.32. The molecule has 0 rings (SSSR count). The van der Waals surface area contributed by atoms with Crippen molar-refractivity contribution in [2.24, 2.45) is 0 Å². The van der Waals surface area contributed by atoms with E-state index in [2.05, 4.69) is 24.1 Å². The molecule has 0 amide bonds. The molecule has 0 aliphatic heterocycles. The second-order valence-corrected chi connectivity index (χ2v) is 3.84. The van der Waals surface area contributed by atoms with E-state index in [1.54, 1.807) is 14.2 Å². The second-order valence-electron chi connectivity index (χ2n) is 3.52. The lowest BCUT2D eigenvalue weighted by molar-refractivity contribution is 0.138. The molecule has 0 radical (unpaired) electrons. The van der Waals surface area contributed by atoms with E-state index in [1.807, 2.05) is 0 Å². The van der Waals surface area contributed by atoms with Gasteiger partial charge in [0.2, 0.25) is 0 Å². The second kappa shape index (κ2) is 10.5. The number of hydrogen-bond donors (Lipinski definition) is 1. The third kappa shape index (κ3) is 8.93. The predicted octanol–water partition coefficient (Wildman–Crippen LogP) is 1.46. The zero-order chi connectivity index (χ0) is 11.5. The molecule has 90 valence electrons. The summed E-state index contributed by atoms with van der Waals surface area (Å²) in [6.07, 6.45) is 1.04. The van der Waals surface area contributed by atoms with E-state index in [4.69, 9.17) is 9.47 Å². The van der Waals surface area contributed by atoms with Crippen LogP contribution in [-0.2, 0) is 9.47 Å². The third-order valence-electron chi connectivity index (χ3n) is 2.11. The van der Waals surface area contributed by atoms with E-state index in [0.29, 0.717) is 0 Å². The summed E-state index contributed by atoms with van der Waals surface area (Å²) in [7, 11) is 3.45. The molecule has 0 fully saturated rings. The highest BCUT2D eigenvalue weighted by Crippen LogP contribution is 2.00. The summed E-state index contributed by atoms with van der Waals surface area (Å²) in [5, 5.41) is 0. The van der Waals surface area contributed by atoms with Crippen molar-refractivity contribution in [2.45, 2.75) is 6.42 Å². The average Bonchev–Trinajstić information content (AvgIpc) is 2.25. The Morgan fingerprint density at radius 1 is 1.20 bits per heavy atom. The molecule has 0 N–H and O–H groups in total. The van der Waals surface area contributed by atoms with Gasteiger partial charge in [0.25, 0.3) is 0 Å². The van der Waals surface area contributed by atoms with Crippen LogP contribution in [0.2, 0.25) is 0 Å². The Labute approximate surface area is 98.8 Å². The van der Waals surface area contributed by atoms with E-state index >= 15 is 0 Å². The number of hydrogen-bond acceptors (Lipinski definition) is 4. The average molecular weight is 233 g/mol. The Morgan fingerprint density at radius 2 is 1.87 bits per heavy atom. The van der Waals surface area contributed by atoms with Crippen molar-refractivity contribution < 1.29 is 9.47 Å². The third-order valence-corrected chi connectivity index (χ3v) is 2.55. The molecule has 0 bridgehead atoms. The Bertz CT molecular complexity index is 165. The molecular formula is C11H23NO2S. The first-order valence-corrected chi connectivity index (χ1v) is 5.85. The molecule has 0 spiro atoms. The lowest BCUT2D eigenvalue weighted by Gasteiger charge is -2.22. The molecule has 0 aliphatic carbocycles. The summed E-state index contributed by atoms with van der Waals surface area (Å²) in [5.74, 6) is 0.744. The maximum atomic E-state index is 5.07. The van der Waals surface area contributed by atoms with Gasteiger partial charge in [-0.1, -0.05) is 12.2 Å². The number of thiol groups is 1. The van der Waals surface area contributed by atoms with Crippen molar-refractivity contribution in [3.8, 4) is 0 Å². The minimum absolute atomic E-state index is 0.744. The van der Waals surface area contributed by atoms with Crippen molar-refractivity contribution in [3.63, 3.8) is 0 Å². The maximum absolute atomic E-state index is 5.07. The molecule has 0 aromatic rings. The van der Waals surface area contributed by atoms with Crippen LogP contribution in [0.15, 0.2) is 12.2 Å². The molecule has 0 saturated carbocycles. The molecule has 0 saturated heterocycles. The van der Waals surface area contributed by atoms with Gasteiger partial charge in [0.1, 0.15) is 0 Å². The predicted molar refractivity (Wildman–Crippen MR) is 67.8 cm³/mol. The van der Waals surface area contributed by atoms with Crippen LogP contribution in [0, 0.1) is 0 Å². The quantitative estimate of drug-likeness (QED) is 0.351. The van der Waals surface area contributed by atoms with Gasteiger partial charge in [-0.15, -0.1) is 0 Å². The van der Waals surface area contributed by atoms with E-state index in [-0.39, 0.29) is 0 Å². The summed E-state index contributed by atoms with van der Waals surface area (Å²) in [6, 6.07) is 0. The fourth-order valence-corrected chi connectivity index (χ4v) is 1.39. The molecule has 0 heterocycles. The van der Waals surface area contributed by atoms with Crippen LogP contribution < -0.4 is 0 Å². The van der Waals surface area contributed by atoms with Crippen LogP contribution in [0.3, 0.4) is 0 Å². The Morgan fingerprint density at radius 3 is 2.40 bits per heavy atom. The summed E-state index contributed by atoms with van der Waals surface area (Å²) < 4.78 is 10.1. The van der Waals surface area contributed by atoms with E-state index in [0.717, 1.165) is 50.6 Å². The molecular weight excluding hydrogens is 210 g/mol. The molecule has 0 aliphatic rings. The van der Waals surface area contributed by atoms with Crippen molar-refractivity contribution >= 4 is 12.6 Å². The first-order chi connectivity index (χ1) is 7.24. The van der Waals surface area contributed by atoms with Crippen LogP contribution in [-0.4, -0.2) is 57.7 Å². The largest absolute Gasteiger partial charge is 0.385 e. The minimum atomic E-state index is 0.744. The van der Waals surface area contributed by atoms with Crippen LogP contribution in [0.25, 0.3) is 0 Å². The number of ether oxygens (including phenoxy) is 2. The first-order valence-electron chi connectivity index (χ1n) is 5.22. The summed E-state index contributed by atoms with van der Waals surface area (Å²) >= 11 is 4.21. The number of nitrogens with zero attached hydrogens (tertiary/aromatic N) is 1. The molecule has 0 unspecified atom stereocenters. The van der Waals surface area contributed by atoms with Crippen molar-refractivity contribution in [1.82, 2.24) is 4.90 Å².